The molecule has 0 saturated carbocycles. The highest BCUT2D eigenvalue weighted by Crippen LogP contribution is 2.20. The topological polar surface area (TPSA) is 83.9 Å². The standard InChI is InChI=1S/C22H19N5O2S/c1-2-13-26(16-9-5-3-6-10-16)19(28)15-30-22-24-20-18(21(29)25-22)14-23-27(20)17-11-7-4-8-12-17/h2-12,14H,1,13,15H2,(H,24,25,29). The largest absolute Gasteiger partial charge is 0.308 e. The van der Waals surface area contributed by atoms with Gasteiger partial charge in [-0.15, -0.1) is 6.58 Å². The number of carbonyl (C=O) groups is 1. The molecule has 0 atom stereocenters. The Morgan fingerprint density at radius 3 is 2.53 bits per heavy atom. The van der Waals surface area contributed by atoms with Gasteiger partial charge in [0.1, 0.15) is 5.39 Å². The van der Waals surface area contributed by atoms with Crippen LogP contribution in [0.15, 0.2) is 89.5 Å². The van der Waals surface area contributed by atoms with Gasteiger partial charge in [-0.2, -0.15) is 5.10 Å². The molecule has 0 aliphatic heterocycles. The Balaban J connectivity index is 1.59. The number of aromatic amines is 1. The van der Waals surface area contributed by atoms with Crippen LogP contribution in [0.25, 0.3) is 16.7 Å². The number of benzene rings is 2. The molecule has 1 N–H and O–H groups in total. The number of nitrogens with one attached hydrogen (secondary N) is 1. The molecule has 2 heterocycles. The van der Waals surface area contributed by atoms with E-state index in [2.05, 4.69) is 21.6 Å². The van der Waals surface area contributed by atoms with Gasteiger partial charge in [-0.25, -0.2) is 9.67 Å². The highest BCUT2D eigenvalue weighted by molar-refractivity contribution is 7.99. The third-order valence-electron chi connectivity index (χ3n) is 4.43. The van der Waals surface area contributed by atoms with Gasteiger partial charge in [0.05, 0.1) is 17.6 Å². The maximum atomic E-state index is 12.8. The molecule has 0 bridgehead atoms. The van der Waals surface area contributed by atoms with E-state index in [9.17, 15) is 9.59 Å². The zero-order chi connectivity index (χ0) is 20.9. The predicted octanol–water partition coefficient (Wildman–Crippen LogP) is 3.42. The van der Waals surface area contributed by atoms with Crippen LogP contribution in [0, 0.1) is 0 Å². The summed E-state index contributed by atoms with van der Waals surface area (Å²) < 4.78 is 1.62. The van der Waals surface area contributed by atoms with Crippen molar-refractivity contribution in [2.24, 2.45) is 0 Å². The lowest BCUT2D eigenvalue weighted by Gasteiger charge is -2.21. The van der Waals surface area contributed by atoms with Crippen molar-refractivity contribution in [3.63, 3.8) is 0 Å². The zero-order valence-corrected chi connectivity index (χ0v) is 16.9. The van der Waals surface area contributed by atoms with E-state index in [-0.39, 0.29) is 17.2 Å². The van der Waals surface area contributed by atoms with Gasteiger partial charge in [0.25, 0.3) is 5.56 Å². The van der Waals surface area contributed by atoms with E-state index >= 15 is 0 Å². The molecule has 0 fully saturated rings. The second-order valence-electron chi connectivity index (χ2n) is 6.42. The summed E-state index contributed by atoms with van der Waals surface area (Å²) in [7, 11) is 0. The summed E-state index contributed by atoms with van der Waals surface area (Å²) in [6.45, 7) is 4.13. The highest BCUT2D eigenvalue weighted by Gasteiger charge is 2.17. The molecule has 7 nitrogen and oxygen atoms in total. The minimum absolute atomic E-state index is 0.106. The van der Waals surface area contributed by atoms with Crippen molar-refractivity contribution in [3.05, 3.63) is 89.9 Å². The minimum atomic E-state index is -0.289. The van der Waals surface area contributed by atoms with Gasteiger partial charge in [0.15, 0.2) is 10.8 Å². The molecule has 4 aromatic rings. The smallest absolute Gasteiger partial charge is 0.262 e. The van der Waals surface area contributed by atoms with Crippen LogP contribution in [0.2, 0.25) is 0 Å². The van der Waals surface area contributed by atoms with Crippen LogP contribution >= 0.6 is 11.8 Å². The Bertz CT molecular complexity index is 1230. The lowest BCUT2D eigenvalue weighted by molar-refractivity contribution is -0.116. The monoisotopic (exact) mass is 417 g/mol. The van der Waals surface area contributed by atoms with E-state index in [1.165, 1.54) is 18.0 Å². The van der Waals surface area contributed by atoms with E-state index in [0.717, 1.165) is 11.4 Å². The van der Waals surface area contributed by atoms with Crippen LogP contribution in [0.5, 0.6) is 0 Å². The fourth-order valence-corrected chi connectivity index (χ4v) is 3.75. The predicted molar refractivity (Wildman–Crippen MR) is 119 cm³/mol. The Kier molecular flexibility index (Phi) is 5.76. The first-order chi connectivity index (χ1) is 14.7. The van der Waals surface area contributed by atoms with Crippen LogP contribution < -0.4 is 10.5 Å². The zero-order valence-electron chi connectivity index (χ0n) is 16.1. The van der Waals surface area contributed by atoms with Gasteiger partial charge >= 0.3 is 0 Å². The number of aromatic nitrogens is 4. The summed E-state index contributed by atoms with van der Waals surface area (Å²) in [5.74, 6) is 0.0156. The number of amides is 1. The maximum Gasteiger partial charge on any atom is 0.262 e. The molecule has 0 radical (unpaired) electrons. The summed E-state index contributed by atoms with van der Waals surface area (Å²) in [6.07, 6.45) is 3.18. The van der Waals surface area contributed by atoms with Crippen molar-refractivity contribution in [3.8, 4) is 5.69 Å². The van der Waals surface area contributed by atoms with Crippen LogP contribution in [0.4, 0.5) is 5.69 Å². The van der Waals surface area contributed by atoms with Crippen molar-refractivity contribution in [2.45, 2.75) is 5.16 Å². The SMILES string of the molecule is C=CCN(C(=O)CSc1nc2c(cnn2-c2ccccc2)c(=O)[nH]1)c1ccccc1. The van der Waals surface area contributed by atoms with Crippen molar-refractivity contribution in [2.75, 3.05) is 17.2 Å². The third kappa shape index (κ3) is 4.04. The molecule has 2 aromatic carbocycles. The van der Waals surface area contributed by atoms with E-state index in [1.54, 1.807) is 15.7 Å². The first kappa shape index (κ1) is 19.7. The van der Waals surface area contributed by atoms with Crippen molar-refractivity contribution >= 4 is 34.4 Å². The molecule has 0 aliphatic carbocycles. The second-order valence-corrected chi connectivity index (χ2v) is 7.38. The molecular formula is C22H19N5O2S. The Labute approximate surface area is 177 Å². The quantitative estimate of drug-likeness (QED) is 0.283. The van der Waals surface area contributed by atoms with Gasteiger partial charge < -0.3 is 9.88 Å². The number of hydrogen-bond donors (Lipinski definition) is 1. The first-order valence-corrected chi connectivity index (χ1v) is 10.3. The number of carbonyl (C=O) groups excluding carboxylic acids is 1. The second kappa shape index (κ2) is 8.79. The summed E-state index contributed by atoms with van der Waals surface area (Å²) in [5.41, 5.74) is 1.76. The summed E-state index contributed by atoms with van der Waals surface area (Å²) in [6, 6.07) is 18.9. The third-order valence-corrected chi connectivity index (χ3v) is 5.29. The Hall–Kier alpha value is -3.65. The molecule has 0 saturated heterocycles. The average molecular weight is 417 g/mol. The lowest BCUT2D eigenvalue weighted by Crippen LogP contribution is -2.32. The number of H-pyrrole nitrogens is 1. The summed E-state index contributed by atoms with van der Waals surface area (Å²) in [4.78, 5) is 34.2. The first-order valence-electron chi connectivity index (χ1n) is 9.30. The molecule has 30 heavy (non-hydrogen) atoms. The average Bonchev–Trinajstić information content (AvgIpc) is 3.21. The van der Waals surface area contributed by atoms with Gasteiger partial charge in [-0.1, -0.05) is 54.2 Å². The van der Waals surface area contributed by atoms with Crippen LogP contribution in [-0.4, -0.2) is 38.0 Å². The van der Waals surface area contributed by atoms with Gasteiger partial charge in [-0.05, 0) is 24.3 Å². The minimum Gasteiger partial charge on any atom is -0.308 e. The number of hydrogen-bond acceptors (Lipinski definition) is 5. The maximum absolute atomic E-state index is 12.8. The molecule has 2 aromatic heterocycles. The van der Waals surface area contributed by atoms with Crippen molar-refractivity contribution < 1.29 is 4.79 Å². The Morgan fingerprint density at radius 2 is 1.83 bits per heavy atom. The van der Waals surface area contributed by atoms with Gasteiger partial charge in [0.2, 0.25) is 5.91 Å². The molecule has 0 aliphatic rings. The molecule has 8 heteroatoms. The number of nitrogens with zero attached hydrogens (tertiary/aromatic N) is 4. The van der Waals surface area contributed by atoms with Crippen LogP contribution in [-0.2, 0) is 4.79 Å². The van der Waals surface area contributed by atoms with E-state index in [4.69, 9.17) is 0 Å². The fourth-order valence-electron chi connectivity index (χ4n) is 3.02. The molecule has 1 amide bonds. The number of rotatable bonds is 7. The molecule has 0 unspecified atom stereocenters. The summed E-state index contributed by atoms with van der Waals surface area (Å²) >= 11 is 1.18. The number of anilines is 1. The van der Waals surface area contributed by atoms with E-state index < -0.39 is 0 Å². The van der Waals surface area contributed by atoms with Gasteiger partial charge in [-0.3, -0.25) is 9.59 Å². The molecule has 150 valence electrons. The fraction of sp³-hybridized carbons (Fsp3) is 0.0909. The van der Waals surface area contributed by atoms with Crippen molar-refractivity contribution in [1.82, 2.24) is 19.7 Å². The van der Waals surface area contributed by atoms with Crippen LogP contribution in [0.3, 0.4) is 0 Å². The highest BCUT2D eigenvalue weighted by atomic mass is 32.2. The number of para-hydroxylation sites is 2. The van der Waals surface area contributed by atoms with E-state index in [0.29, 0.717) is 22.7 Å². The van der Waals surface area contributed by atoms with Gasteiger partial charge in [0, 0.05) is 12.2 Å². The number of thioether (sulfide) groups is 1. The number of fused-ring (bicyclic) bond motifs is 1. The summed E-state index contributed by atoms with van der Waals surface area (Å²) in [5, 5.41) is 5.05. The lowest BCUT2D eigenvalue weighted by atomic mass is 10.3. The van der Waals surface area contributed by atoms with E-state index in [1.807, 2.05) is 60.7 Å². The normalized spacial score (nSPS) is 10.8. The van der Waals surface area contributed by atoms with Crippen LogP contribution in [0.1, 0.15) is 0 Å². The molecule has 0 spiro atoms. The molecule has 4 rings (SSSR count). The molecular weight excluding hydrogens is 398 g/mol. The Morgan fingerprint density at radius 1 is 1.13 bits per heavy atom. The van der Waals surface area contributed by atoms with Crippen molar-refractivity contribution in [1.29, 1.82) is 0 Å².